The largest absolute Gasteiger partial charge is 0.343 e. The van der Waals surface area contributed by atoms with Crippen molar-refractivity contribution in [2.75, 3.05) is 7.05 Å². The molecule has 6 rings (SSSR count). The Bertz CT molecular complexity index is 1000. The van der Waals surface area contributed by atoms with E-state index in [-0.39, 0.29) is 5.41 Å². The Morgan fingerprint density at radius 2 is 1.96 bits per heavy atom. The molecule has 0 amide bonds. The average molecular weight is 332 g/mol. The van der Waals surface area contributed by atoms with Crippen LogP contribution < -0.4 is 5.01 Å². The summed E-state index contributed by atoms with van der Waals surface area (Å²) in [6.07, 6.45) is 0. The van der Waals surface area contributed by atoms with Crippen molar-refractivity contribution in [1.82, 2.24) is 5.12 Å². The lowest BCUT2D eigenvalue weighted by Gasteiger charge is -2.29. The normalized spacial score (nSPS) is 27.4. The van der Waals surface area contributed by atoms with Crippen LogP contribution in [0, 0.1) is 0 Å². The van der Waals surface area contributed by atoms with Crippen molar-refractivity contribution >= 4 is 19.5 Å². The first-order valence-electron chi connectivity index (χ1n) is 8.34. The molecule has 24 heavy (non-hydrogen) atoms. The quantitative estimate of drug-likeness (QED) is 0.740. The van der Waals surface area contributed by atoms with Gasteiger partial charge in [-0.15, -0.1) is 5.10 Å². The minimum Gasteiger partial charge on any atom is -0.343 e. The maximum absolute atomic E-state index is 4.67. The van der Waals surface area contributed by atoms with Gasteiger partial charge in [-0.3, -0.25) is 0 Å². The van der Waals surface area contributed by atoms with Crippen molar-refractivity contribution in [3.63, 3.8) is 0 Å². The van der Waals surface area contributed by atoms with E-state index in [0.29, 0.717) is 5.66 Å². The molecule has 2 unspecified atom stereocenters. The third-order valence-corrected chi connectivity index (χ3v) is 6.98. The molecule has 2 atom stereocenters. The molecular weight excluding hydrogens is 315 g/mol. The summed E-state index contributed by atoms with van der Waals surface area (Å²) in [5.74, 6) is 1.07. The molecule has 0 saturated carbocycles. The lowest BCUT2D eigenvalue weighted by atomic mass is 9.81. The van der Waals surface area contributed by atoms with Crippen LogP contribution in [0.3, 0.4) is 0 Å². The molecule has 1 aliphatic carbocycles. The Morgan fingerprint density at radius 1 is 1.12 bits per heavy atom. The molecule has 0 radical (unpaired) electrons. The van der Waals surface area contributed by atoms with Gasteiger partial charge < -0.3 is 15.7 Å². The van der Waals surface area contributed by atoms with Crippen LogP contribution in [-0.2, 0) is 5.41 Å². The van der Waals surface area contributed by atoms with E-state index >= 15 is 0 Å². The summed E-state index contributed by atoms with van der Waals surface area (Å²) in [6, 6.07) is 13.7. The summed E-state index contributed by atoms with van der Waals surface area (Å²) in [4.78, 5) is 0. The molecule has 118 valence electrons. The Morgan fingerprint density at radius 3 is 2.83 bits per heavy atom. The summed E-state index contributed by atoms with van der Waals surface area (Å²) in [6.45, 7) is 4.66. The smallest absolute Gasteiger partial charge is 0.245 e. The van der Waals surface area contributed by atoms with Crippen molar-refractivity contribution in [3.05, 3.63) is 64.2 Å². The minimum absolute atomic E-state index is 0.0363. The lowest BCUT2D eigenvalue weighted by Crippen LogP contribution is -3.11. The molecule has 3 heterocycles. The predicted molar refractivity (Wildman–Crippen MR) is 97.3 cm³/mol. The maximum atomic E-state index is 4.67. The second-order valence-corrected chi connectivity index (χ2v) is 8.72. The fourth-order valence-corrected chi connectivity index (χ4v) is 5.56. The van der Waals surface area contributed by atoms with E-state index in [4.69, 9.17) is 0 Å². The van der Waals surface area contributed by atoms with Gasteiger partial charge in [0.25, 0.3) is 0 Å². The Hall–Kier alpha value is -2.00. The monoisotopic (exact) mass is 332 g/mol. The van der Waals surface area contributed by atoms with Gasteiger partial charge in [0.05, 0.1) is 5.56 Å². The third kappa shape index (κ3) is 1.43. The molecule has 0 bridgehead atoms. The Kier molecular flexibility index (Phi) is 2.20. The predicted octanol–water partition coefficient (Wildman–Crippen LogP) is 2.83. The Balaban J connectivity index is 1.65. The zero-order valence-electron chi connectivity index (χ0n) is 13.8. The summed E-state index contributed by atoms with van der Waals surface area (Å²) < 4.78 is 0. The highest BCUT2D eigenvalue weighted by Crippen LogP contribution is 2.53. The molecule has 2 aromatic carbocycles. The summed E-state index contributed by atoms with van der Waals surface area (Å²) in [5, 5.41) is 7.50. The fraction of sp³-hybridized carbons (Fsp3) is 0.263. The first-order chi connectivity index (χ1) is 11.6. The van der Waals surface area contributed by atoms with Gasteiger partial charge >= 0.3 is 0 Å². The molecule has 2 aromatic rings. The molecule has 1 N–H and O–H groups in total. The van der Waals surface area contributed by atoms with E-state index in [1.807, 2.05) is 7.05 Å². The van der Waals surface area contributed by atoms with Crippen LogP contribution in [0.1, 0.15) is 41.8 Å². The SMILES string of the molecule is CN1N=C2c3cc4c(cc3C3P=C3[NH+]2[N-]1)-c1ccccc1C4(C)C. The van der Waals surface area contributed by atoms with E-state index in [2.05, 4.69) is 60.9 Å². The van der Waals surface area contributed by atoms with Crippen molar-refractivity contribution in [3.8, 4) is 11.1 Å². The molecular formula is C19H17N4P. The number of rotatable bonds is 0. The van der Waals surface area contributed by atoms with Crippen molar-refractivity contribution in [2.45, 2.75) is 24.9 Å². The second-order valence-electron chi connectivity index (χ2n) is 7.46. The van der Waals surface area contributed by atoms with Crippen LogP contribution in [0.5, 0.6) is 0 Å². The number of hydrogen-bond acceptors (Lipinski definition) is 2. The van der Waals surface area contributed by atoms with Crippen molar-refractivity contribution in [2.24, 2.45) is 5.10 Å². The summed E-state index contributed by atoms with van der Waals surface area (Å²) >= 11 is 0. The number of fused-ring (bicyclic) bond motifs is 9. The molecule has 0 aromatic heterocycles. The van der Waals surface area contributed by atoms with Gasteiger partial charge in [0.15, 0.2) is 0 Å². The highest BCUT2D eigenvalue weighted by Gasteiger charge is 2.48. The van der Waals surface area contributed by atoms with E-state index < -0.39 is 0 Å². The summed E-state index contributed by atoms with van der Waals surface area (Å²) in [5.41, 5.74) is 15.0. The molecule has 5 heteroatoms. The van der Waals surface area contributed by atoms with Gasteiger partial charge in [0, 0.05) is 12.5 Å². The van der Waals surface area contributed by atoms with Crippen LogP contribution in [0.15, 0.2) is 41.5 Å². The fourth-order valence-electron chi connectivity index (χ4n) is 4.47. The topological polar surface area (TPSA) is 34.1 Å². The number of hydrogen-bond donors (Lipinski definition) is 1. The van der Waals surface area contributed by atoms with Crippen molar-refractivity contribution in [1.29, 1.82) is 0 Å². The van der Waals surface area contributed by atoms with E-state index in [9.17, 15) is 0 Å². The average Bonchev–Trinajstić information content (AvgIpc) is 3.23. The summed E-state index contributed by atoms with van der Waals surface area (Å²) in [7, 11) is 3.32. The van der Waals surface area contributed by atoms with Crippen LogP contribution in [0.25, 0.3) is 16.7 Å². The van der Waals surface area contributed by atoms with Crippen LogP contribution >= 0.6 is 8.20 Å². The molecule has 4 nitrogen and oxygen atoms in total. The van der Waals surface area contributed by atoms with Crippen LogP contribution in [0.4, 0.5) is 0 Å². The van der Waals surface area contributed by atoms with Gasteiger partial charge in [0.1, 0.15) is 11.1 Å². The third-order valence-electron chi connectivity index (χ3n) is 5.72. The maximum Gasteiger partial charge on any atom is 0.245 e. The van der Waals surface area contributed by atoms with Gasteiger partial charge in [-0.05, 0) is 48.2 Å². The number of nitrogens with zero attached hydrogens (tertiary/aromatic N) is 3. The van der Waals surface area contributed by atoms with Gasteiger partial charge in [0.2, 0.25) is 5.84 Å². The van der Waals surface area contributed by atoms with E-state index in [0.717, 1.165) is 10.8 Å². The standard InChI is InChI=1S/C19H17N4P/c1-19(2)14-7-5-4-6-10(14)11-8-12-13(9-15(11)19)17-20-22(3)21-23(17)18-16(12)24-18/h4-9,16,23H,1-3H3. The molecule has 0 saturated heterocycles. The number of nitrogens with one attached hydrogen (secondary N) is 1. The van der Waals surface area contributed by atoms with Gasteiger partial charge in [-0.2, -0.15) is 0 Å². The molecule has 0 spiro atoms. The zero-order valence-corrected chi connectivity index (χ0v) is 14.7. The first kappa shape index (κ1) is 13.3. The highest BCUT2D eigenvalue weighted by atomic mass is 31.1. The number of quaternary nitrogens is 1. The van der Waals surface area contributed by atoms with Crippen LogP contribution in [0.2, 0.25) is 0 Å². The highest BCUT2D eigenvalue weighted by molar-refractivity contribution is 7.53. The van der Waals surface area contributed by atoms with Gasteiger partial charge in [-0.25, -0.2) is 0 Å². The first-order valence-corrected chi connectivity index (χ1v) is 9.30. The van der Waals surface area contributed by atoms with Crippen molar-refractivity contribution < 1.29 is 5.01 Å². The number of hydrazone groups is 1. The second kappa shape index (κ2) is 3.97. The molecule has 0 fully saturated rings. The molecule has 4 aliphatic rings. The van der Waals surface area contributed by atoms with Crippen LogP contribution in [-0.4, -0.2) is 23.4 Å². The lowest BCUT2D eigenvalue weighted by molar-refractivity contribution is -0.655. The number of amidine groups is 1. The van der Waals surface area contributed by atoms with E-state index in [1.54, 1.807) is 5.12 Å². The Labute approximate surface area is 142 Å². The van der Waals surface area contributed by atoms with E-state index in [1.165, 1.54) is 47.0 Å². The molecule has 3 aliphatic heterocycles. The zero-order chi connectivity index (χ0) is 16.2. The number of benzene rings is 2. The van der Waals surface area contributed by atoms with Gasteiger partial charge in [-0.1, -0.05) is 38.1 Å². The minimum atomic E-state index is 0.0363.